The predicted octanol–water partition coefficient (Wildman–Crippen LogP) is 3.83. The molecule has 24 heavy (non-hydrogen) atoms. The van der Waals surface area contributed by atoms with Crippen LogP contribution in [0.3, 0.4) is 0 Å². The number of esters is 1. The SMILES string of the molecule is COC(=O)c1cnc(N/N=C(\C)c2ccc(Cl)s2)nc1C(F)(F)F. The number of hydrogen-bond donors (Lipinski definition) is 1. The summed E-state index contributed by atoms with van der Waals surface area (Å²) in [5.41, 5.74) is 0.633. The highest BCUT2D eigenvalue weighted by Gasteiger charge is 2.38. The molecule has 0 aliphatic heterocycles. The Labute approximate surface area is 143 Å². The van der Waals surface area contributed by atoms with Gasteiger partial charge in [-0.1, -0.05) is 11.6 Å². The standard InChI is InChI=1S/C13H10ClF3N4O2S/c1-6(8-3-4-9(14)24-8)20-21-12-18-5-7(11(22)23-2)10(19-12)13(15,16)17/h3-5H,1-2H3,(H,18,19,21)/b20-6+. The average Bonchev–Trinajstić information content (AvgIpc) is 2.97. The van der Waals surface area contributed by atoms with Crippen molar-refractivity contribution < 1.29 is 22.7 Å². The first kappa shape index (κ1) is 18.1. The number of carbonyl (C=O) groups excluding carboxylic acids is 1. The van der Waals surface area contributed by atoms with Crippen LogP contribution in [0, 0.1) is 0 Å². The molecule has 0 saturated heterocycles. The molecule has 0 bridgehead atoms. The van der Waals surface area contributed by atoms with Crippen molar-refractivity contribution in [1.82, 2.24) is 9.97 Å². The minimum atomic E-state index is -4.84. The Morgan fingerprint density at radius 1 is 1.42 bits per heavy atom. The number of anilines is 1. The molecule has 2 heterocycles. The van der Waals surface area contributed by atoms with Crippen molar-refractivity contribution in [3.05, 3.63) is 38.8 Å². The zero-order chi connectivity index (χ0) is 17.9. The number of carbonyl (C=O) groups is 1. The Morgan fingerprint density at radius 2 is 2.12 bits per heavy atom. The first-order chi connectivity index (χ1) is 11.2. The zero-order valence-electron chi connectivity index (χ0n) is 12.3. The Kier molecular flexibility index (Phi) is 5.40. The summed E-state index contributed by atoms with van der Waals surface area (Å²) >= 11 is 7.06. The van der Waals surface area contributed by atoms with E-state index in [4.69, 9.17) is 11.6 Å². The van der Waals surface area contributed by atoms with Gasteiger partial charge < -0.3 is 4.74 Å². The molecule has 11 heteroatoms. The van der Waals surface area contributed by atoms with E-state index in [0.29, 0.717) is 10.0 Å². The Bertz CT molecular complexity index is 792. The van der Waals surface area contributed by atoms with E-state index in [1.807, 2.05) is 0 Å². The summed E-state index contributed by atoms with van der Waals surface area (Å²) in [7, 11) is 0.967. The molecule has 2 rings (SSSR count). The molecule has 6 nitrogen and oxygen atoms in total. The molecule has 0 aliphatic carbocycles. The van der Waals surface area contributed by atoms with Gasteiger partial charge in [0.25, 0.3) is 0 Å². The summed E-state index contributed by atoms with van der Waals surface area (Å²) in [5, 5.41) is 3.91. The largest absolute Gasteiger partial charge is 0.465 e. The highest BCUT2D eigenvalue weighted by Crippen LogP contribution is 2.31. The molecule has 1 N–H and O–H groups in total. The van der Waals surface area contributed by atoms with Crippen molar-refractivity contribution in [2.45, 2.75) is 13.1 Å². The predicted molar refractivity (Wildman–Crippen MR) is 83.5 cm³/mol. The quantitative estimate of drug-likeness (QED) is 0.497. The lowest BCUT2D eigenvalue weighted by Gasteiger charge is -2.11. The minimum absolute atomic E-state index is 0.406. The molecule has 2 aromatic rings. The van der Waals surface area contributed by atoms with Gasteiger partial charge in [0.1, 0.15) is 5.56 Å². The number of aromatic nitrogens is 2. The fraction of sp³-hybridized carbons (Fsp3) is 0.231. The highest BCUT2D eigenvalue weighted by molar-refractivity contribution is 7.18. The van der Waals surface area contributed by atoms with E-state index >= 15 is 0 Å². The second-order valence-corrected chi connectivity index (χ2v) is 6.07. The van der Waals surface area contributed by atoms with E-state index in [9.17, 15) is 18.0 Å². The highest BCUT2D eigenvalue weighted by atomic mass is 35.5. The summed E-state index contributed by atoms with van der Waals surface area (Å²) in [6, 6.07) is 3.39. The maximum absolute atomic E-state index is 13.0. The molecule has 0 saturated carbocycles. The number of nitrogens with zero attached hydrogens (tertiary/aromatic N) is 3. The third-order valence-corrected chi connectivity index (χ3v) is 4.06. The van der Waals surface area contributed by atoms with Gasteiger partial charge in [-0.15, -0.1) is 11.3 Å². The summed E-state index contributed by atoms with van der Waals surface area (Å²) in [6.45, 7) is 1.64. The van der Waals surface area contributed by atoms with Crippen LogP contribution < -0.4 is 5.43 Å². The van der Waals surface area contributed by atoms with Gasteiger partial charge in [0, 0.05) is 6.20 Å². The molecule has 0 fully saturated rings. The van der Waals surface area contributed by atoms with E-state index in [-0.39, 0.29) is 0 Å². The first-order valence-electron chi connectivity index (χ1n) is 6.31. The van der Waals surface area contributed by atoms with Gasteiger partial charge in [-0.3, -0.25) is 0 Å². The number of methoxy groups -OCH3 is 1. The van der Waals surface area contributed by atoms with E-state index in [0.717, 1.165) is 18.2 Å². The normalized spacial score (nSPS) is 12.2. The second kappa shape index (κ2) is 7.14. The van der Waals surface area contributed by atoms with Crippen LogP contribution in [0.4, 0.5) is 19.1 Å². The zero-order valence-corrected chi connectivity index (χ0v) is 13.9. The van der Waals surface area contributed by atoms with Crippen molar-refractivity contribution >= 4 is 40.6 Å². The van der Waals surface area contributed by atoms with Gasteiger partial charge in [0.15, 0.2) is 5.69 Å². The summed E-state index contributed by atoms with van der Waals surface area (Å²) in [4.78, 5) is 19.1. The Morgan fingerprint density at radius 3 is 2.67 bits per heavy atom. The van der Waals surface area contributed by atoms with Crippen molar-refractivity contribution in [1.29, 1.82) is 0 Å². The monoisotopic (exact) mass is 378 g/mol. The third kappa shape index (κ3) is 4.20. The molecule has 0 spiro atoms. The maximum atomic E-state index is 13.0. The van der Waals surface area contributed by atoms with E-state index < -0.39 is 29.4 Å². The first-order valence-corrected chi connectivity index (χ1v) is 7.50. The molecule has 2 aromatic heterocycles. The van der Waals surface area contributed by atoms with Crippen LogP contribution in [0.25, 0.3) is 0 Å². The number of nitrogens with one attached hydrogen (secondary N) is 1. The lowest BCUT2D eigenvalue weighted by atomic mass is 10.2. The van der Waals surface area contributed by atoms with Crippen LogP contribution in [0.1, 0.15) is 27.9 Å². The number of hydrazone groups is 1. The minimum Gasteiger partial charge on any atom is -0.465 e. The van der Waals surface area contributed by atoms with E-state index in [1.54, 1.807) is 19.1 Å². The number of thiophene rings is 1. The second-order valence-electron chi connectivity index (χ2n) is 4.36. The molecule has 0 unspecified atom stereocenters. The van der Waals surface area contributed by atoms with Crippen molar-refractivity contribution in [3.8, 4) is 0 Å². The van der Waals surface area contributed by atoms with Crippen LogP contribution >= 0.6 is 22.9 Å². The van der Waals surface area contributed by atoms with Crippen LogP contribution in [-0.2, 0) is 10.9 Å². The molecule has 128 valence electrons. The van der Waals surface area contributed by atoms with Crippen LogP contribution in [0.2, 0.25) is 4.34 Å². The number of halogens is 4. The molecule has 0 amide bonds. The molecular formula is C13H10ClF3N4O2S. The van der Waals surface area contributed by atoms with Gasteiger partial charge in [-0.05, 0) is 19.1 Å². The van der Waals surface area contributed by atoms with E-state index in [2.05, 4.69) is 25.2 Å². The van der Waals surface area contributed by atoms with Gasteiger partial charge >= 0.3 is 12.1 Å². The molecule has 0 aromatic carbocycles. The topological polar surface area (TPSA) is 76.5 Å². The van der Waals surface area contributed by atoms with Crippen LogP contribution in [-0.4, -0.2) is 28.8 Å². The van der Waals surface area contributed by atoms with Gasteiger partial charge in [-0.25, -0.2) is 20.2 Å². The smallest absolute Gasteiger partial charge is 0.434 e. The maximum Gasteiger partial charge on any atom is 0.434 e. The van der Waals surface area contributed by atoms with Crippen molar-refractivity contribution in [3.63, 3.8) is 0 Å². The Balaban J connectivity index is 2.30. The van der Waals surface area contributed by atoms with Crippen molar-refractivity contribution in [2.75, 3.05) is 12.5 Å². The lowest BCUT2D eigenvalue weighted by Crippen LogP contribution is -2.18. The molecular weight excluding hydrogens is 369 g/mol. The molecule has 0 radical (unpaired) electrons. The van der Waals surface area contributed by atoms with Gasteiger partial charge in [-0.2, -0.15) is 18.3 Å². The summed E-state index contributed by atoms with van der Waals surface area (Å²) in [6.07, 6.45) is -4.11. The van der Waals surface area contributed by atoms with Crippen LogP contribution in [0.15, 0.2) is 23.4 Å². The van der Waals surface area contributed by atoms with Gasteiger partial charge in [0.2, 0.25) is 5.95 Å². The summed E-state index contributed by atoms with van der Waals surface area (Å²) < 4.78 is 43.9. The van der Waals surface area contributed by atoms with Gasteiger partial charge in [0.05, 0.1) is 22.0 Å². The fourth-order valence-corrected chi connectivity index (χ4v) is 2.60. The number of alkyl halides is 3. The summed E-state index contributed by atoms with van der Waals surface area (Å²) in [5.74, 6) is -1.58. The average molecular weight is 379 g/mol. The molecule has 0 aliphatic rings. The molecule has 0 atom stereocenters. The number of rotatable bonds is 4. The van der Waals surface area contributed by atoms with E-state index in [1.165, 1.54) is 11.3 Å². The lowest BCUT2D eigenvalue weighted by molar-refractivity contribution is -0.141. The third-order valence-electron chi connectivity index (χ3n) is 2.72. The number of hydrogen-bond acceptors (Lipinski definition) is 7. The number of ether oxygens (including phenoxy) is 1. The van der Waals surface area contributed by atoms with Crippen molar-refractivity contribution in [2.24, 2.45) is 5.10 Å². The van der Waals surface area contributed by atoms with Crippen LogP contribution in [0.5, 0.6) is 0 Å². The fourth-order valence-electron chi connectivity index (χ4n) is 1.61. The Hall–Kier alpha value is -2.20.